The molecule has 0 spiro atoms. The van der Waals surface area contributed by atoms with Gasteiger partial charge in [-0.05, 0) is 101 Å². The van der Waals surface area contributed by atoms with E-state index in [1.54, 1.807) is 43.4 Å². The third-order valence-corrected chi connectivity index (χ3v) is 12.1. The van der Waals surface area contributed by atoms with Crippen molar-refractivity contribution in [3.05, 3.63) is 230 Å². The normalized spacial score (nSPS) is 11.6. The van der Waals surface area contributed by atoms with Crippen LogP contribution in [0.4, 0.5) is 76.3 Å². The van der Waals surface area contributed by atoms with Gasteiger partial charge in [-0.1, -0.05) is 170 Å². The topological polar surface area (TPSA) is 78.7 Å². The van der Waals surface area contributed by atoms with Crippen LogP contribution in [-0.4, -0.2) is 47.5 Å². The Morgan fingerprint density at radius 1 is 0.327 bits per heavy atom. The largest absolute Gasteiger partial charge is 1.00 e. The van der Waals surface area contributed by atoms with Crippen LogP contribution >= 0.6 is 15.6 Å². The zero-order valence-electron chi connectivity index (χ0n) is 56.3. The summed E-state index contributed by atoms with van der Waals surface area (Å²) in [5.41, 5.74) is 11.9. The molecule has 0 bridgehead atoms. The molecule has 4 aromatic carbocycles. The number of benzene rings is 4. The summed E-state index contributed by atoms with van der Waals surface area (Å²) in [6.07, 6.45) is 27.5. The zero-order valence-corrected chi connectivity index (χ0v) is 58.1. The zero-order chi connectivity index (χ0) is 74.5. The quantitative estimate of drug-likeness (QED) is 0.0142. The van der Waals surface area contributed by atoms with E-state index in [1.165, 1.54) is 83.0 Å². The van der Waals surface area contributed by atoms with Gasteiger partial charge < -0.3 is 14.1 Å². The Balaban J connectivity index is 0. The molecule has 0 saturated heterocycles. The average molecular weight is 1500 g/mol. The van der Waals surface area contributed by atoms with E-state index < -0.39 is 30.7 Å². The van der Waals surface area contributed by atoms with Gasteiger partial charge in [0.25, 0.3) is 0 Å². The van der Waals surface area contributed by atoms with Gasteiger partial charge in [-0.3, -0.25) is 45.2 Å². The van der Waals surface area contributed by atoms with Gasteiger partial charge in [0.2, 0.25) is 49.6 Å². The number of aromatic nitrogens is 4. The van der Waals surface area contributed by atoms with E-state index in [2.05, 4.69) is 144 Å². The third kappa shape index (κ3) is 57.1. The predicted molar refractivity (Wildman–Crippen MR) is 353 cm³/mol. The molecule has 34 heteroatoms. The number of carbonyl (C=O) groups excluding carboxylic acids is 1. The minimum absolute atomic E-state index is 0. The fraction of sp³-hybridized carbons (Fsp3) is 0.328. The third-order valence-electron chi connectivity index (χ3n) is 12.1. The molecule has 0 fully saturated rings. The van der Waals surface area contributed by atoms with E-state index in [1.807, 2.05) is 80.5 Å². The Morgan fingerprint density at radius 3 is 0.871 bits per heavy atom. The molecule has 4 heterocycles. The van der Waals surface area contributed by atoms with Crippen molar-refractivity contribution in [3.63, 3.8) is 0 Å². The average Bonchev–Trinajstić information content (AvgIpc) is 0.796. The smallest absolute Gasteiger partial charge is 0.223 e. The van der Waals surface area contributed by atoms with Crippen molar-refractivity contribution in [2.45, 2.75) is 119 Å². The Labute approximate surface area is 576 Å². The number of hydrogen-bond donors (Lipinski definition) is 0. The van der Waals surface area contributed by atoms with Crippen LogP contribution in [0.25, 0.3) is 33.4 Å². The van der Waals surface area contributed by atoms with Gasteiger partial charge in [-0.25, -0.2) is 4.79 Å². The molecule has 101 heavy (non-hydrogen) atoms. The Morgan fingerprint density at radius 2 is 0.584 bits per heavy atom. The first-order chi connectivity index (χ1) is 46.2. The Kier molecular flexibility index (Phi) is 43.4. The first-order valence-electron chi connectivity index (χ1n) is 31.2. The molecule has 0 atom stereocenters. The van der Waals surface area contributed by atoms with E-state index in [0.29, 0.717) is 25.4 Å². The van der Waals surface area contributed by atoms with Crippen LogP contribution in [0.1, 0.15) is 126 Å². The second-order valence-electron chi connectivity index (χ2n) is 20.9. The minimum atomic E-state index is -10.7. The number of unbranched alkanes of at least 4 members (excludes halogenated alkanes) is 3. The maximum Gasteiger partial charge on any atom is 0.223 e. The van der Waals surface area contributed by atoms with E-state index in [0.717, 1.165) is 50.9 Å². The number of aryl methyl sites for hydroxylation is 2. The van der Waals surface area contributed by atoms with Crippen molar-refractivity contribution in [3.8, 4) is 33.4 Å². The van der Waals surface area contributed by atoms with E-state index in [9.17, 15) is 81.1 Å². The van der Waals surface area contributed by atoms with Crippen molar-refractivity contribution in [1.82, 2.24) is 0 Å². The standard InChI is InChI=1S/C18H16NO.2C18H24NO.C13H20NO3.2BF3.2F6P.2FH/c1-3-7-16(8-4-1)15-20-19-13-11-18(12-14-19)17-9-5-2-6-10-17;2*1-3-5-6-16-7-9-17(10-8-16)18-11-13-19(14-12-18)20-15-4-2;1-3-5-11-16-13(15)12-6-8-14(9-7-12)17-10-4-2;2*2-1(3)4;2*1-7(2,3,4,5)6;;/h1-14H,15H2;2*7-14H,3-6,15H2,1-2H3;6-9H,3-5,10-11H2,1-2H3;;;;;2*1H/q4*+1;;;2*-1;;/p-2. The molecule has 0 radical (unpaired) electrons. The van der Waals surface area contributed by atoms with Crippen LogP contribution < -0.4 is 47.7 Å². The predicted octanol–water partition coefficient (Wildman–Crippen LogP) is 15.2. The van der Waals surface area contributed by atoms with Crippen LogP contribution in [0, 0.1) is 0 Å². The van der Waals surface area contributed by atoms with E-state index in [-0.39, 0.29) is 15.4 Å². The summed E-state index contributed by atoms with van der Waals surface area (Å²) in [5, 5.41) is 0. The van der Waals surface area contributed by atoms with Crippen molar-refractivity contribution < 1.29 is 133 Å². The van der Waals surface area contributed by atoms with Crippen molar-refractivity contribution >= 4 is 36.7 Å². The molecule has 4 aromatic heterocycles. The number of pyridine rings is 4. The first-order valence-corrected chi connectivity index (χ1v) is 35.3. The molecule has 0 aliphatic carbocycles. The second kappa shape index (κ2) is 46.3. The molecule has 8 aromatic rings. The van der Waals surface area contributed by atoms with Crippen molar-refractivity contribution in [2.75, 3.05) is 26.4 Å². The molecule has 0 amide bonds. The summed E-state index contributed by atoms with van der Waals surface area (Å²) in [6, 6.07) is 54.1. The number of hydrogen-bond acceptors (Lipinski definition) is 6. The summed E-state index contributed by atoms with van der Waals surface area (Å²) in [4.78, 5) is 33.7. The molecule has 564 valence electrons. The maximum atomic E-state index is 11.6. The molecule has 0 N–H and O–H groups in total. The molecular formula is C67H84B2F20N4O6P2. The Bertz CT molecular complexity index is 3160. The summed E-state index contributed by atoms with van der Waals surface area (Å²) < 4.78 is 188. The van der Waals surface area contributed by atoms with E-state index in [4.69, 9.17) is 24.1 Å². The number of esters is 1. The fourth-order valence-electron chi connectivity index (χ4n) is 7.53. The van der Waals surface area contributed by atoms with Gasteiger partial charge in [-0.15, -0.1) is 0 Å². The molecular weight excluding hydrogens is 1420 g/mol. The summed E-state index contributed by atoms with van der Waals surface area (Å²) >= 11 is 0. The van der Waals surface area contributed by atoms with Crippen molar-refractivity contribution in [1.29, 1.82) is 0 Å². The van der Waals surface area contributed by atoms with Gasteiger partial charge in [0.1, 0.15) is 0 Å². The number of ether oxygens (including phenoxy) is 1. The number of nitrogens with zero attached hydrogens (tertiary/aromatic N) is 4. The number of halogens is 20. The van der Waals surface area contributed by atoms with Gasteiger partial charge in [0, 0.05) is 67.5 Å². The number of rotatable bonds is 25. The summed E-state index contributed by atoms with van der Waals surface area (Å²) in [6.45, 7) is 16.0. The Hall–Kier alpha value is -8.26. The van der Waals surface area contributed by atoms with Gasteiger partial charge in [0.15, 0.2) is 26.4 Å². The summed E-state index contributed by atoms with van der Waals surface area (Å²) in [5.74, 6) is -0.277. The van der Waals surface area contributed by atoms with Crippen LogP contribution in [0.15, 0.2) is 207 Å². The molecule has 0 saturated carbocycles. The minimum Gasteiger partial charge on any atom is -1.00 e. The maximum absolute atomic E-state index is 11.6. The molecule has 8 rings (SSSR count). The fourth-order valence-corrected chi connectivity index (χ4v) is 7.53. The van der Waals surface area contributed by atoms with Gasteiger partial charge in [0.05, 0.1) is 12.2 Å². The second-order valence-corrected chi connectivity index (χ2v) is 24.7. The SMILES string of the molecule is CCCCOC(=O)c1cc[n+](OCCC)cc1.CCCCc1ccc(-c2cc[n+](OCCC)cc2)cc1.CCCCc1ccc(-c2cc[n+](OCCC)cc2)cc1.FB(F)F.FB(F)F.F[P-](F)(F)(F)(F)F.F[P-](F)(F)(F)(F)F.[F-].[F-].c1ccc(CO[n+]2ccc(-c3ccccc3)cc2)cc1. The molecule has 0 aliphatic heterocycles. The number of carbonyl (C=O) groups is 1. The van der Waals surface area contributed by atoms with Crippen LogP contribution in [0.2, 0.25) is 0 Å². The van der Waals surface area contributed by atoms with Crippen LogP contribution in [-0.2, 0) is 24.2 Å². The van der Waals surface area contributed by atoms with Gasteiger partial charge >= 0.3 is 87.0 Å². The van der Waals surface area contributed by atoms with E-state index >= 15 is 0 Å². The summed E-state index contributed by atoms with van der Waals surface area (Å²) in [7, 11) is -28.6. The van der Waals surface area contributed by atoms with Crippen LogP contribution in [0.5, 0.6) is 0 Å². The first kappa shape index (κ1) is 94.8. The van der Waals surface area contributed by atoms with Crippen molar-refractivity contribution in [2.24, 2.45) is 0 Å². The van der Waals surface area contributed by atoms with Gasteiger partial charge in [-0.2, -0.15) is 0 Å². The molecule has 0 aliphatic rings. The monoisotopic (exact) mass is 1500 g/mol. The van der Waals surface area contributed by atoms with Crippen LogP contribution in [0.3, 0.4) is 0 Å². The molecule has 0 unspecified atom stereocenters. The molecule has 10 nitrogen and oxygen atoms in total.